The van der Waals surface area contributed by atoms with Gasteiger partial charge in [-0.2, -0.15) is 0 Å². The van der Waals surface area contributed by atoms with E-state index in [-0.39, 0.29) is 13.2 Å². The number of rotatable bonds is 8. The summed E-state index contributed by atoms with van der Waals surface area (Å²) in [6, 6.07) is 0. The Morgan fingerprint density at radius 3 is 2.84 bits per heavy atom. The summed E-state index contributed by atoms with van der Waals surface area (Å²) >= 11 is 0. The second-order valence-electron chi connectivity index (χ2n) is 6.20. The highest BCUT2D eigenvalue weighted by Gasteiger charge is 2.27. The summed E-state index contributed by atoms with van der Waals surface area (Å²) in [5.74, 6) is 0. The van der Waals surface area contributed by atoms with Crippen molar-refractivity contribution in [1.29, 1.82) is 0 Å². The number of ether oxygens (including phenoxy) is 3. The number of hydrogen-bond donors (Lipinski definition) is 3. The SMILES string of the molecule is Cc1cn([C@H](OC(C)CO)C(O)COC2CCCCO2)c(=O)[nH]c1=O. The molecule has 1 aromatic rings. The molecule has 9 heteroatoms. The number of aliphatic hydroxyl groups excluding tert-OH is 2. The average molecular weight is 358 g/mol. The first-order chi connectivity index (χ1) is 11.9. The van der Waals surface area contributed by atoms with Crippen molar-refractivity contribution >= 4 is 0 Å². The molecule has 0 radical (unpaired) electrons. The number of nitrogens with zero attached hydrogens (tertiary/aromatic N) is 1. The minimum absolute atomic E-state index is 0.113. The van der Waals surface area contributed by atoms with Crippen LogP contribution in [0.4, 0.5) is 0 Å². The van der Waals surface area contributed by atoms with E-state index in [0.29, 0.717) is 12.2 Å². The summed E-state index contributed by atoms with van der Waals surface area (Å²) < 4.78 is 17.7. The van der Waals surface area contributed by atoms with Crippen molar-refractivity contribution < 1.29 is 24.4 Å². The normalized spacial score (nSPS) is 21.7. The molecule has 0 aromatic carbocycles. The summed E-state index contributed by atoms with van der Waals surface area (Å²) in [7, 11) is 0. The van der Waals surface area contributed by atoms with E-state index in [1.807, 2.05) is 0 Å². The first kappa shape index (κ1) is 19.8. The number of aliphatic hydroxyl groups is 2. The van der Waals surface area contributed by atoms with Crippen molar-refractivity contribution in [1.82, 2.24) is 9.55 Å². The molecule has 1 aromatic heterocycles. The molecule has 2 rings (SSSR count). The Morgan fingerprint density at radius 1 is 1.44 bits per heavy atom. The second-order valence-corrected chi connectivity index (χ2v) is 6.20. The molecule has 3 unspecified atom stereocenters. The molecule has 1 aliphatic heterocycles. The fourth-order valence-corrected chi connectivity index (χ4v) is 2.53. The van der Waals surface area contributed by atoms with Gasteiger partial charge in [0, 0.05) is 18.4 Å². The van der Waals surface area contributed by atoms with Gasteiger partial charge in [-0.05, 0) is 33.1 Å². The number of aryl methyl sites for hydroxylation is 1. The predicted octanol–water partition coefficient (Wildman–Crippen LogP) is -0.355. The van der Waals surface area contributed by atoms with Gasteiger partial charge in [-0.3, -0.25) is 14.3 Å². The van der Waals surface area contributed by atoms with Crippen LogP contribution >= 0.6 is 0 Å². The Hall–Kier alpha value is -1.52. The lowest BCUT2D eigenvalue weighted by molar-refractivity contribution is -0.200. The summed E-state index contributed by atoms with van der Waals surface area (Å²) in [5, 5.41) is 19.7. The van der Waals surface area contributed by atoms with Crippen molar-refractivity contribution in [2.75, 3.05) is 19.8 Å². The number of H-pyrrole nitrogens is 1. The van der Waals surface area contributed by atoms with Gasteiger partial charge in [0.25, 0.3) is 5.56 Å². The fourth-order valence-electron chi connectivity index (χ4n) is 2.53. The molecule has 9 nitrogen and oxygen atoms in total. The van der Waals surface area contributed by atoms with E-state index in [1.54, 1.807) is 13.8 Å². The molecule has 25 heavy (non-hydrogen) atoms. The van der Waals surface area contributed by atoms with Gasteiger partial charge in [0.15, 0.2) is 12.5 Å². The van der Waals surface area contributed by atoms with Gasteiger partial charge in [0.1, 0.15) is 6.10 Å². The van der Waals surface area contributed by atoms with Crippen LogP contribution in [0, 0.1) is 6.92 Å². The van der Waals surface area contributed by atoms with Gasteiger partial charge >= 0.3 is 5.69 Å². The Bertz CT molecular complexity index is 651. The van der Waals surface area contributed by atoms with Crippen LogP contribution in [0.5, 0.6) is 0 Å². The quantitative estimate of drug-likeness (QED) is 0.580. The van der Waals surface area contributed by atoms with Gasteiger partial charge in [-0.15, -0.1) is 0 Å². The summed E-state index contributed by atoms with van der Waals surface area (Å²) in [5.41, 5.74) is -0.913. The van der Waals surface area contributed by atoms with E-state index in [4.69, 9.17) is 14.2 Å². The average Bonchev–Trinajstić information content (AvgIpc) is 2.61. The Morgan fingerprint density at radius 2 is 2.20 bits per heavy atom. The number of aromatic nitrogens is 2. The minimum Gasteiger partial charge on any atom is -0.394 e. The van der Waals surface area contributed by atoms with E-state index in [0.717, 1.165) is 23.8 Å². The lowest BCUT2D eigenvalue weighted by Gasteiger charge is -2.29. The van der Waals surface area contributed by atoms with Crippen LogP contribution in [0.15, 0.2) is 15.8 Å². The van der Waals surface area contributed by atoms with Crippen LogP contribution in [-0.4, -0.2) is 58.1 Å². The van der Waals surface area contributed by atoms with Crippen molar-refractivity contribution in [3.05, 3.63) is 32.6 Å². The third-order valence-electron chi connectivity index (χ3n) is 3.97. The van der Waals surface area contributed by atoms with E-state index in [1.165, 1.54) is 6.20 Å². The zero-order valence-electron chi connectivity index (χ0n) is 14.5. The smallest absolute Gasteiger partial charge is 0.330 e. The zero-order chi connectivity index (χ0) is 18.4. The maximum absolute atomic E-state index is 12.1. The molecule has 0 spiro atoms. The molecule has 0 aliphatic carbocycles. The lowest BCUT2D eigenvalue weighted by Crippen LogP contribution is -2.42. The Kier molecular flexibility index (Phi) is 7.33. The molecule has 4 atom stereocenters. The van der Waals surface area contributed by atoms with Crippen LogP contribution in [-0.2, 0) is 14.2 Å². The number of aromatic amines is 1. The molecular formula is C16H26N2O7. The fraction of sp³-hybridized carbons (Fsp3) is 0.750. The molecule has 0 amide bonds. The van der Waals surface area contributed by atoms with Crippen LogP contribution in [0.25, 0.3) is 0 Å². The second kappa shape index (κ2) is 9.25. The molecule has 1 fully saturated rings. The molecule has 0 bridgehead atoms. The largest absolute Gasteiger partial charge is 0.394 e. The Balaban J connectivity index is 2.15. The highest BCUT2D eigenvalue weighted by atomic mass is 16.7. The Labute approximate surface area is 145 Å². The molecule has 0 saturated carbocycles. The first-order valence-electron chi connectivity index (χ1n) is 8.42. The zero-order valence-corrected chi connectivity index (χ0v) is 14.5. The van der Waals surface area contributed by atoms with Crippen LogP contribution in [0.3, 0.4) is 0 Å². The van der Waals surface area contributed by atoms with Gasteiger partial charge < -0.3 is 24.4 Å². The topological polar surface area (TPSA) is 123 Å². The molecule has 1 saturated heterocycles. The highest BCUT2D eigenvalue weighted by Crippen LogP contribution is 2.18. The third kappa shape index (κ3) is 5.48. The van der Waals surface area contributed by atoms with Crippen molar-refractivity contribution in [3.63, 3.8) is 0 Å². The summed E-state index contributed by atoms with van der Waals surface area (Å²) in [4.78, 5) is 25.8. The molecular weight excluding hydrogens is 332 g/mol. The third-order valence-corrected chi connectivity index (χ3v) is 3.97. The van der Waals surface area contributed by atoms with Gasteiger partial charge in [0.2, 0.25) is 0 Å². The van der Waals surface area contributed by atoms with Gasteiger partial charge in [0.05, 0.1) is 19.3 Å². The molecule has 1 aliphatic rings. The monoisotopic (exact) mass is 358 g/mol. The lowest BCUT2D eigenvalue weighted by atomic mass is 10.2. The maximum Gasteiger partial charge on any atom is 0.330 e. The van der Waals surface area contributed by atoms with Gasteiger partial charge in [-0.1, -0.05) is 0 Å². The summed E-state index contributed by atoms with van der Waals surface area (Å²) in [6.07, 6.45) is 0.697. The standard InChI is InChI=1S/C16H26N2O7/c1-10-7-18(16(22)17-14(10)21)15(25-11(2)8-19)12(20)9-24-13-5-3-4-6-23-13/h7,11-13,15,19-20H,3-6,8-9H2,1-2H3,(H,17,21,22)/t11?,12?,13?,15-/m1/s1. The summed E-state index contributed by atoms with van der Waals surface area (Å²) in [6.45, 7) is 3.36. The van der Waals surface area contributed by atoms with E-state index >= 15 is 0 Å². The molecule has 3 N–H and O–H groups in total. The van der Waals surface area contributed by atoms with Crippen molar-refractivity contribution in [3.8, 4) is 0 Å². The van der Waals surface area contributed by atoms with E-state index in [9.17, 15) is 19.8 Å². The van der Waals surface area contributed by atoms with Crippen LogP contribution < -0.4 is 11.2 Å². The highest BCUT2D eigenvalue weighted by molar-refractivity contribution is 5.01. The maximum atomic E-state index is 12.1. The van der Waals surface area contributed by atoms with E-state index in [2.05, 4.69) is 4.98 Å². The first-order valence-corrected chi connectivity index (χ1v) is 8.42. The van der Waals surface area contributed by atoms with Gasteiger partial charge in [-0.25, -0.2) is 4.79 Å². The van der Waals surface area contributed by atoms with Crippen LogP contribution in [0.1, 0.15) is 38.0 Å². The predicted molar refractivity (Wildman–Crippen MR) is 88.3 cm³/mol. The van der Waals surface area contributed by atoms with Crippen molar-refractivity contribution in [2.45, 2.75) is 57.8 Å². The van der Waals surface area contributed by atoms with E-state index < -0.39 is 36.0 Å². The van der Waals surface area contributed by atoms with Crippen molar-refractivity contribution in [2.24, 2.45) is 0 Å². The van der Waals surface area contributed by atoms with Crippen LogP contribution in [0.2, 0.25) is 0 Å². The molecule has 142 valence electrons. The molecule has 2 heterocycles. The number of hydrogen-bond acceptors (Lipinski definition) is 7. The minimum atomic E-state index is -1.19. The number of nitrogens with one attached hydrogen (secondary N) is 1.